The highest BCUT2D eigenvalue weighted by atomic mass is 35.5. The Kier molecular flexibility index (Phi) is 6.40. The van der Waals surface area contributed by atoms with Crippen molar-refractivity contribution in [2.75, 3.05) is 32.1 Å². The Bertz CT molecular complexity index is 222. The van der Waals surface area contributed by atoms with Gasteiger partial charge in [-0.2, -0.15) is 0 Å². The summed E-state index contributed by atoms with van der Waals surface area (Å²) in [4.78, 5) is 16.7. The van der Waals surface area contributed by atoms with Crippen molar-refractivity contribution in [3.8, 4) is 0 Å². The third-order valence-electron chi connectivity index (χ3n) is 1.77. The molecule has 0 atom stereocenters. The van der Waals surface area contributed by atoms with Crippen molar-refractivity contribution in [1.82, 2.24) is 10.2 Å². The van der Waals surface area contributed by atoms with Crippen LogP contribution in [0.4, 0.5) is 4.79 Å². The van der Waals surface area contributed by atoms with Crippen LogP contribution < -0.4 is 11.1 Å². The lowest BCUT2D eigenvalue weighted by atomic mass is 10.5. The fraction of sp³-hybridized carbons (Fsp3) is 0.714. The number of amidine groups is 1. The number of alkyl halides is 1. The van der Waals surface area contributed by atoms with E-state index in [-0.39, 0.29) is 24.3 Å². The van der Waals surface area contributed by atoms with Gasteiger partial charge in [-0.1, -0.05) is 0 Å². The van der Waals surface area contributed by atoms with Gasteiger partial charge in [-0.15, -0.1) is 24.0 Å². The Hall–Kier alpha value is -0.680. The van der Waals surface area contributed by atoms with E-state index in [1.165, 1.54) is 0 Å². The van der Waals surface area contributed by atoms with E-state index >= 15 is 0 Å². The monoisotopic (exact) mass is 240 g/mol. The van der Waals surface area contributed by atoms with Crippen molar-refractivity contribution in [3.05, 3.63) is 0 Å². The maximum Gasteiger partial charge on any atom is 0.317 e. The van der Waals surface area contributed by atoms with Gasteiger partial charge in [0.1, 0.15) is 5.84 Å². The molecule has 1 fully saturated rings. The molecule has 1 aliphatic rings. The molecule has 2 amide bonds. The first-order valence-corrected chi connectivity index (χ1v) is 4.65. The van der Waals surface area contributed by atoms with Crippen LogP contribution in [-0.2, 0) is 0 Å². The number of nitrogens with two attached hydrogens (primary N) is 1. The number of urea groups is 1. The minimum absolute atomic E-state index is 0. The second-order valence-corrected chi connectivity index (χ2v) is 2.99. The fourth-order valence-corrected chi connectivity index (χ4v) is 1.17. The van der Waals surface area contributed by atoms with Gasteiger partial charge >= 0.3 is 6.03 Å². The number of hydrogen-bond acceptors (Lipinski definition) is 2. The Labute approximate surface area is 94.1 Å². The van der Waals surface area contributed by atoms with E-state index < -0.39 is 0 Å². The minimum Gasteiger partial charge on any atom is -0.386 e. The summed E-state index contributed by atoms with van der Waals surface area (Å²) in [5.74, 6) is 0.660. The zero-order valence-electron chi connectivity index (χ0n) is 7.70. The molecule has 0 radical (unpaired) electrons. The SMILES string of the molecule is Cl.NC(CCl)=NCCN1CCNC1=O. The van der Waals surface area contributed by atoms with E-state index in [1.807, 2.05) is 0 Å². The van der Waals surface area contributed by atoms with Crippen LogP contribution in [0, 0.1) is 0 Å². The Morgan fingerprint density at radius 2 is 2.43 bits per heavy atom. The third-order valence-corrected chi connectivity index (χ3v) is 2.04. The van der Waals surface area contributed by atoms with Gasteiger partial charge in [0.25, 0.3) is 0 Å². The minimum atomic E-state index is -0.0281. The van der Waals surface area contributed by atoms with Gasteiger partial charge in [-0.3, -0.25) is 4.99 Å². The van der Waals surface area contributed by atoms with E-state index in [2.05, 4.69) is 10.3 Å². The third kappa shape index (κ3) is 4.02. The number of aliphatic imine (C=N–C) groups is 1. The normalized spacial score (nSPS) is 16.5. The molecule has 7 heteroatoms. The maximum absolute atomic E-state index is 11.0. The molecule has 1 saturated heterocycles. The summed E-state index contributed by atoms with van der Waals surface area (Å²) < 4.78 is 0. The summed E-state index contributed by atoms with van der Waals surface area (Å²) in [6.45, 7) is 2.58. The van der Waals surface area contributed by atoms with E-state index in [1.54, 1.807) is 4.90 Å². The summed E-state index contributed by atoms with van der Waals surface area (Å²) in [5.41, 5.74) is 5.39. The zero-order valence-corrected chi connectivity index (χ0v) is 9.27. The molecule has 1 rings (SSSR count). The molecule has 3 N–H and O–H groups in total. The smallest absolute Gasteiger partial charge is 0.317 e. The molecule has 0 aromatic heterocycles. The van der Waals surface area contributed by atoms with Gasteiger partial charge in [0.2, 0.25) is 0 Å². The van der Waals surface area contributed by atoms with Crippen LogP contribution in [0.25, 0.3) is 0 Å². The predicted molar refractivity (Wildman–Crippen MR) is 59.4 cm³/mol. The van der Waals surface area contributed by atoms with Crippen LogP contribution in [0.15, 0.2) is 4.99 Å². The van der Waals surface area contributed by atoms with Crippen LogP contribution in [0.1, 0.15) is 0 Å². The van der Waals surface area contributed by atoms with Gasteiger partial charge in [0.05, 0.1) is 12.4 Å². The number of nitrogens with zero attached hydrogens (tertiary/aromatic N) is 2. The van der Waals surface area contributed by atoms with Crippen LogP contribution in [0.2, 0.25) is 0 Å². The first-order chi connectivity index (χ1) is 6.24. The Morgan fingerprint density at radius 3 is 2.93 bits per heavy atom. The molecule has 0 aliphatic carbocycles. The van der Waals surface area contributed by atoms with Gasteiger partial charge in [0.15, 0.2) is 0 Å². The average Bonchev–Trinajstić information content (AvgIpc) is 2.52. The van der Waals surface area contributed by atoms with Crippen LogP contribution in [0.3, 0.4) is 0 Å². The van der Waals surface area contributed by atoms with Crippen molar-refractivity contribution in [3.63, 3.8) is 0 Å². The number of halogens is 2. The number of carbonyl (C=O) groups excluding carboxylic acids is 1. The summed E-state index contributed by atoms with van der Waals surface area (Å²) in [5, 5.41) is 2.70. The average molecular weight is 241 g/mol. The van der Waals surface area contributed by atoms with Crippen molar-refractivity contribution in [1.29, 1.82) is 0 Å². The van der Waals surface area contributed by atoms with Crippen LogP contribution in [0.5, 0.6) is 0 Å². The molecular weight excluding hydrogens is 227 g/mol. The quantitative estimate of drug-likeness (QED) is 0.414. The van der Waals surface area contributed by atoms with Crippen molar-refractivity contribution < 1.29 is 4.79 Å². The first kappa shape index (κ1) is 13.3. The molecule has 0 spiro atoms. The number of hydrogen-bond donors (Lipinski definition) is 2. The zero-order chi connectivity index (χ0) is 9.68. The van der Waals surface area contributed by atoms with Crippen molar-refractivity contribution >= 4 is 35.9 Å². The molecule has 5 nitrogen and oxygen atoms in total. The fourth-order valence-electron chi connectivity index (χ4n) is 1.08. The van der Waals surface area contributed by atoms with E-state index in [0.29, 0.717) is 25.5 Å². The second-order valence-electron chi connectivity index (χ2n) is 2.73. The summed E-state index contributed by atoms with van der Waals surface area (Å²) in [6, 6.07) is -0.0281. The summed E-state index contributed by atoms with van der Waals surface area (Å²) >= 11 is 5.43. The number of nitrogens with one attached hydrogen (secondary N) is 1. The van der Waals surface area contributed by atoms with Gasteiger partial charge in [-0.25, -0.2) is 4.79 Å². The largest absolute Gasteiger partial charge is 0.386 e. The molecule has 14 heavy (non-hydrogen) atoms. The lowest BCUT2D eigenvalue weighted by Gasteiger charge is -2.11. The molecule has 0 bridgehead atoms. The molecule has 0 unspecified atom stereocenters. The predicted octanol–water partition coefficient (Wildman–Crippen LogP) is 0.0294. The molecule has 1 heterocycles. The molecule has 0 saturated carbocycles. The molecule has 0 aromatic carbocycles. The van der Waals surface area contributed by atoms with Gasteiger partial charge < -0.3 is 16.0 Å². The summed E-state index contributed by atoms with van der Waals surface area (Å²) in [7, 11) is 0. The lowest BCUT2D eigenvalue weighted by Crippen LogP contribution is -2.30. The first-order valence-electron chi connectivity index (χ1n) is 4.11. The number of amides is 2. The highest BCUT2D eigenvalue weighted by molar-refractivity contribution is 6.27. The number of rotatable bonds is 4. The van der Waals surface area contributed by atoms with Crippen LogP contribution >= 0.6 is 24.0 Å². The lowest BCUT2D eigenvalue weighted by molar-refractivity contribution is 0.218. The maximum atomic E-state index is 11.0. The second kappa shape index (κ2) is 6.73. The van der Waals surface area contributed by atoms with Crippen molar-refractivity contribution in [2.24, 2.45) is 10.7 Å². The molecule has 82 valence electrons. The Morgan fingerprint density at radius 1 is 1.71 bits per heavy atom. The van der Waals surface area contributed by atoms with Crippen LogP contribution in [-0.4, -0.2) is 48.8 Å². The topological polar surface area (TPSA) is 70.7 Å². The standard InChI is InChI=1S/C7H13ClN4O.ClH/c8-5-6(9)10-1-3-12-4-2-11-7(12)13;/h1-5H2,(H2,9,10)(H,11,13);1H. The molecular formula is C7H14Cl2N4O. The summed E-state index contributed by atoms with van der Waals surface area (Å²) in [6.07, 6.45) is 0. The molecule has 0 aromatic rings. The van der Waals surface area contributed by atoms with E-state index in [4.69, 9.17) is 17.3 Å². The van der Waals surface area contributed by atoms with E-state index in [9.17, 15) is 4.79 Å². The molecule has 1 aliphatic heterocycles. The highest BCUT2D eigenvalue weighted by Crippen LogP contribution is 1.95. The Balaban J connectivity index is 0.00000169. The van der Waals surface area contributed by atoms with E-state index in [0.717, 1.165) is 6.54 Å². The number of carbonyl (C=O) groups is 1. The highest BCUT2D eigenvalue weighted by Gasteiger charge is 2.17. The van der Waals surface area contributed by atoms with Crippen molar-refractivity contribution in [2.45, 2.75) is 0 Å². The van der Waals surface area contributed by atoms with Gasteiger partial charge in [-0.05, 0) is 0 Å². The van der Waals surface area contributed by atoms with Gasteiger partial charge in [0, 0.05) is 19.6 Å².